The van der Waals surface area contributed by atoms with E-state index in [9.17, 15) is 14.0 Å². The van der Waals surface area contributed by atoms with Crippen molar-refractivity contribution in [2.45, 2.75) is 19.3 Å². The Balaban J connectivity index is 1.36. The summed E-state index contributed by atoms with van der Waals surface area (Å²) in [5.41, 5.74) is 1.65. The highest BCUT2D eigenvalue weighted by atomic mass is 19.1. The molecule has 29 heavy (non-hydrogen) atoms. The molecule has 2 aromatic rings. The van der Waals surface area contributed by atoms with E-state index in [1.54, 1.807) is 4.90 Å². The lowest BCUT2D eigenvalue weighted by Gasteiger charge is -2.31. The van der Waals surface area contributed by atoms with Crippen LogP contribution in [-0.4, -0.2) is 49.9 Å². The number of halogens is 1. The molecule has 1 N–H and O–H groups in total. The minimum absolute atomic E-state index is 0.0564. The van der Waals surface area contributed by atoms with Crippen LogP contribution >= 0.6 is 0 Å². The lowest BCUT2D eigenvalue weighted by atomic mass is 9.95. The third-order valence-electron chi connectivity index (χ3n) is 5.41. The Kier molecular flexibility index (Phi) is 7.22. The van der Waals surface area contributed by atoms with Gasteiger partial charge in [-0.25, -0.2) is 4.39 Å². The van der Waals surface area contributed by atoms with Crippen LogP contribution in [0.4, 0.5) is 10.1 Å². The normalized spacial score (nSPS) is 14.5. The van der Waals surface area contributed by atoms with E-state index in [1.165, 1.54) is 24.3 Å². The summed E-state index contributed by atoms with van der Waals surface area (Å²) in [6.07, 6.45) is 2.18. The maximum Gasteiger partial charge on any atom is 0.253 e. The molecule has 0 spiro atoms. The van der Waals surface area contributed by atoms with Crippen LogP contribution < -0.4 is 10.2 Å². The molecule has 1 aliphatic heterocycles. The Bertz CT molecular complexity index is 803. The summed E-state index contributed by atoms with van der Waals surface area (Å²) in [7, 11) is 2.05. The molecule has 0 bridgehead atoms. The highest BCUT2D eigenvalue weighted by Crippen LogP contribution is 2.19. The number of nitrogens with zero attached hydrogens (tertiary/aromatic N) is 2. The van der Waals surface area contributed by atoms with E-state index < -0.39 is 0 Å². The first-order valence-corrected chi connectivity index (χ1v) is 10.1. The first-order chi connectivity index (χ1) is 14.0. The fourth-order valence-corrected chi connectivity index (χ4v) is 3.60. The quantitative estimate of drug-likeness (QED) is 0.730. The lowest BCUT2D eigenvalue weighted by Crippen LogP contribution is -2.43. The zero-order valence-corrected chi connectivity index (χ0v) is 16.8. The highest BCUT2D eigenvalue weighted by Gasteiger charge is 2.27. The van der Waals surface area contributed by atoms with E-state index in [-0.39, 0.29) is 23.5 Å². The van der Waals surface area contributed by atoms with Gasteiger partial charge in [0, 0.05) is 50.4 Å². The molecule has 1 aliphatic rings. The number of anilines is 1. The van der Waals surface area contributed by atoms with Crippen LogP contribution in [-0.2, 0) is 4.79 Å². The standard InChI is InChI=1S/C23H28FN3O2/c1-26(21-6-3-2-4-7-21)15-5-14-25-22(28)18-12-16-27(17-13-18)23(29)19-8-10-20(24)11-9-19/h2-4,6-11,18H,5,12-17H2,1H3,(H,25,28). The van der Waals surface area contributed by atoms with Crippen LogP contribution in [0.2, 0.25) is 0 Å². The fraction of sp³-hybridized carbons (Fsp3) is 0.391. The Morgan fingerprint density at radius 2 is 1.72 bits per heavy atom. The van der Waals surface area contributed by atoms with Crippen LogP contribution in [0.25, 0.3) is 0 Å². The molecule has 6 heteroatoms. The molecule has 0 unspecified atom stereocenters. The molecule has 1 fully saturated rings. The van der Waals surface area contributed by atoms with Crippen molar-refractivity contribution in [2.75, 3.05) is 38.1 Å². The topological polar surface area (TPSA) is 52.7 Å². The predicted molar refractivity (Wildman–Crippen MR) is 112 cm³/mol. The van der Waals surface area contributed by atoms with Crippen molar-refractivity contribution in [1.82, 2.24) is 10.2 Å². The summed E-state index contributed by atoms with van der Waals surface area (Å²) in [6, 6.07) is 15.8. The van der Waals surface area contributed by atoms with E-state index in [1.807, 2.05) is 25.2 Å². The van der Waals surface area contributed by atoms with Crippen LogP contribution in [0.1, 0.15) is 29.6 Å². The first-order valence-electron chi connectivity index (χ1n) is 10.1. The van der Waals surface area contributed by atoms with Crippen molar-refractivity contribution in [3.63, 3.8) is 0 Å². The number of benzene rings is 2. The number of amides is 2. The SMILES string of the molecule is CN(CCCNC(=O)C1CCN(C(=O)c2ccc(F)cc2)CC1)c1ccccc1. The van der Waals surface area contributed by atoms with Crippen molar-refractivity contribution in [1.29, 1.82) is 0 Å². The minimum atomic E-state index is -0.355. The Morgan fingerprint density at radius 1 is 1.07 bits per heavy atom. The molecule has 0 aliphatic carbocycles. The second kappa shape index (κ2) is 10.0. The van der Waals surface area contributed by atoms with Gasteiger partial charge in [0.05, 0.1) is 0 Å². The molecular weight excluding hydrogens is 369 g/mol. The monoisotopic (exact) mass is 397 g/mol. The Labute approximate surface area is 171 Å². The van der Waals surface area contributed by atoms with Crippen LogP contribution in [0, 0.1) is 11.7 Å². The van der Waals surface area contributed by atoms with Crippen LogP contribution in [0.3, 0.4) is 0 Å². The van der Waals surface area contributed by atoms with Gasteiger partial charge in [-0.15, -0.1) is 0 Å². The number of piperidine rings is 1. The lowest BCUT2D eigenvalue weighted by molar-refractivity contribution is -0.126. The Morgan fingerprint density at radius 3 is 2.38 bits per heavy atom. The molecule has 2 amide bonds. The molecule has 2 aromatic carbocycles. The van der Waals surface area contributed by atoms with E-state index >= 15 is 0 Å². The molecular formula is C23H28FN3O2. The molecule has 0 radical (unpaired) electrons. The summed E-state index contributed by atoms with van der Waals surface area (Å²) < 4.78 is 13.0. The van der Waals surface area contributed by atoms with Gasteiger partial charge < -0.3 is 15.1 Å². The number of hydrogen-bond donors (Lipinski definition) is 1. The van der Waals surface area contributed by atoms with Crippen molar-refractivity contribution in [3.8, 4) is 0 Å². The van der Waals surface area contributed by atoms with Gasteiger partial charge >= 0.3 is 0 Å². The van der Waals surface area contributed by atoms with E-state index in [4.69, 9.17) is 0 Å². The number of para-hydroxylation sites is 1. The molecule has 1 saturated heterocycles. The van der Waals surface area contributed by atoms with E-state index in [0.717, 1.165) is 18.7 Å². The number of hydrogen-bond acceptors (Lipinski definition) is 3. The maximum absolute atomic E-state index is 13.0. The van der Waals surface area contributed by atoms with Crippen molar-refractivity contribution in [2.24, 2.45) is 5.92 Å². The van der Waals surface area contributed by atoms with Gasteiger partial charge in [0.1, 0.15) is 5.82 Å². The number of nitrogens with one attached hydrogen (secondary N) is 1. The Hall–Kier alpha value is -2.89. The highest BCUT2D eigenvalue weighted by molar-refractivity contribution is 5.94. The smallest absolute Gasteiger partial charge is 0.253 e. The zero-order valence-electron chi connectivity index (χ0n) is 16.8. The fourth-order valence-electron chi connectivity index (χ4n) is 3.60. The molecule has 1 heterocycles. The third-order valence-corrected chi connectivity index (χ3v) is 5.41. The molecule has 3 rings (SSSR count). The van der Waals surface area contributed by atoms with Crippen molar-refractivity contribution >= 4 is 17.5 Å². The van der Waals surface area contributed by atoms with Crippen molar-refractivity contribution in [3.05, 3.63) is 66.0 Å². The van der Waals surface area contributed by atoms with Gasteiger partial charge in [-0.1, -0.05) is 18.2 Å². The summed E-state index contributed by atoms with van der Waals surface area (Å²) in [4.78, 5) is 28.8. The maximum atomic E-state index is 13.0. The average molecular weight is 397 g/mol. The number of likely N-dealkylation sites (tertiary alicyclic amines) is 1. The van der Waals surface area contributed by atoms with Gasteiger partial charge in [0.2, 0.25) is 5.91 Å². The minimum Gasteiger partial charge on any atom is -0.375 e. The summed E-state index contributed by atoms with van der Waals surface area (Å²) in [5, 5.41) is 3.03. The predicted octanol–water partition coefficient (Wildman–Crippen LogP) is 3.32. The van der Waals surface area contributed by atoms with Gasteiger partial charge in [-0.05, 0) is 55.7 Å². The van der Waals surface area contributed by atoms with Gasteiger partial charge in [0.25, 0.3) is 5.91 Å². The van der Waals surface area contributed by atoms with E-state index in [2.05, 4.69) is 22.3 Å². The average Bonchev–Trinajstić information content (AvgIpc) is 2.77. The molecule has 154 valence electrons. The van der Waals surface area contributed by atoms with Gasteiger partial charge in [-0.3, -0.25) is 9.59 Å². The third kappa shape index (κ3) is 5.79. The van der Waals surface area contributed by atoms with Crippen LogP contribution in [0.15, 0.2) is 54.6 Å². The zero-order chi connectivity index (χ0) is 20.6. The number of carbonyl (C=O) groups is 2. The van der Waals surface area contributed by atoms with Gasteiger partial charge in [-0.2, -0.15) is 0 Å². The summed E-state index contributed by atoms with van der Waals surface area (Å²) in [5.74, 6) is -0.444. The van der Waals surface area contributed by atoms with E-state index in [0.29, 0.717) is 38.0 Å². The number of carbonyl (C=O) groups excluding carboxylic acids is 2. The molecule has 0 aromatic heterocycles. The summed E-state index contributed by atoms with van der Waals surface area (Å²) in [6.45, 7) is 2.61. The molecule has 5 nitrogen and oxygen atoms in total. The second-order valence-electron chi connectivity index (χ2n) is 7.48. The summed E-state index contributed by atoms with van der Waals surface area (Å²) >= 11 is 0. The van der Waals surface area contributed by atoms with Crippen LogP contribution in [0.5, 0.6) is 0 Å². The molecule has 0 atom stereocenters. The molecule has 0 saturated carbocycles. The second-order valence-corrected chi connectivity index (χ2v) is 7.48. The van der Waals surface area contributed by atoms with Gasteiger partial charge in [0.15, 0.2) is 0 Å². The number of rotatable bonds is 7. The first kappa shape index (κ1) is 20.8. The van der Waals surface area contributed by atoms with Crippen molar-refractivity contribution < 1.29 is 14.0 Å². The largest absolute Gasteiger partial charge is 0.375 e.